The molecule has 7 heteroatoms. The van der Waals surface area contributed by atoms with Gasteiger partial charge in [0.05, 0.1) is 0 Å². The van der Waals surface area contributed by atoms with E-state index in [2.05, 4.69) is 16.2 Å². The van der Waals surface area contributed by atoms with Crippen molar-refractivity contribution in [3.8, 4) is 0 Å². The van der Waals surface area contributed by atoms with Crippen LogP contribution in [0.3, 0.4) is 0 Å². The van der Waals surface area contributed by atoms with Crippen LogP contribution in [-0.4, -0.2) is 17.7 Å². The zero-order valence-electron chi connectivity index (χ0n) is 14.6. The van der Waals surface area contributed by atoms with E-state index in [1.54, 1.807) is 6.07 Å². The molecule has 0 aliphatic rings. The van der Waals surface area contributed by atoms with E-state index < -0.39 is 17.6 Å². The summed E-state index contributed by atoms with van der Waals surface area (Å²) < 4.78 is 12.8. The monoisotopic (exact) mass is 357 g/mol. The van der Waals surface area contributed by atoms with Crippen molar-refractivity contribution in [2.75, 3.05) is 5.32 Å². The highest BCUT2D eigenvalue weighted by Gasteiger charge is 2.10. The van der Waals surface area contributed by atoms with Crippen LogP contribution in [0.5, 0.6) is 0 Å². The minimum atomic E-state index is -0.571. The maximum atomic E-state index is 12.8. The number of carbonyl (C=O) groups excluding carboxylic acids is 3. The molecule has 3 amide bonds. The van der Waals surface area contributed by atoms with Gasteiger partial charge >= 0.3 is 0 Å². The normalized spacial score (nSPS) is 10.1. The van der Waals surface area contributed by atoms with Crippen molar-refractivity contribution in [2.24, 2.45) is 0 Å². The zero-order chi connectivity index (χ0) is 19.1. The fourth-order valence-corrected chi connectivity index (χ4v) is 2.13. The third-order valence-corrected chi connectivity index (χ3v) is 3.79. The summed E-state index contributed by atoms with van der Waals surface area (Å²) in [6.07, 6.45) is -0.106. The highest BCUT2D eigenvalue weighted by Crippen LogP contribution is 2.14. The Kier molecular flexibility index (Phi) is 6.43. The molecular formula is C19H20FN3O3. The Morgan fingerprint density at radius 3 is 2.15 bits per heavy atom. The van der Waals surface area contributed by atoms with E-state index in [9.17, 15) is 18.8 Å². The number of hydrogen-bond donors (Lipinski definition) is 3. The van der Waals surface area contributed by atoms with Crippen molar-refractivity contribution in [3.05, 3.63) is 65.0 Å². The first-order valence-corrected chi connectivity index (χ1v) is 8.07. The van der Waals surface area contributed by atoms with E-state index in [1.807, 2.05) is 26.0 Å². The van der Waals surface area contributed by atoms with Gasteiger partial charge in [-0.3, -0.25) is 25.2 Å². The third kappa shape index (κ3) is 5.70. The van der Waals surface area contributed by atoms with Crippen LogP contribution in [0.15, 0.2) is 42.5 Å². The van der Waals surface area contributed by atoms with Crippen molar-refractivity contribution in [3.63, 3.8) is 0 Å². The van der Waals surface area contributed by atoms with E-state index >= 15 is 0 Å². The molecule has 3 N–H and O–H groups in total. The van der Waals surface area contributed by atoms with Crippen LogP contribution >= 0.6 is 0 Å². The van der Waals surface area contributed by atoms with Gasteiger partial charge in [0.1, 0.15) is 5.82 Å². The lowest BCUT2D eigenvalue weighted by Crippen LogP contribution is -2.41. The second-order valence-electron chi connectivity index (χ2n) is 5.86. The molecule has 6 nitrogen and oxygen atoms in total. The molecule has 0 aromatic heterocycles. The summed E-state index contributed by atoms with van der Waals surface area (Å²) in [4.78, 5) is 35.4. The largest absolute Gasteiger partial charge is 0.326 e. The summed E-state index contributed by atoms with van der Waals surface area (Å²) in [6.45, 7) is 3.92. The summed E-state index contributed by atoms with van der Waals surface area (Å²) in [5, 5.41) is 2.72. The predicted molar refractivity (Wildman–Crippen MR) is 95.8 cm³/mol. The standard InChI is InChI=1S/C19H20FN3O3/c1-12-3-8-16(11-13(12)2)21-17(24)9-10-18(25)22-23-19(26)14-4-6-15(20)7-5-14/h3-8,11H,9-10H2,1-2H3,(H,21,24)(H,22,25)(H,23,26). The average molecular weight is 357 g/mol. The molecule has 2 aromatic rings. The number of hydrazine groups is 1. The lowest BCUT2D eigenvalue weighted by molar-refractivity contribution is -0.124. The van der Waals surface area contributed by atoms with E-state index in [0.29, 0.717) is 5.69 Å². The van der Waals surface area contributed by atoms with Crippen molar-refractivity contribution in [1.29, 1.82) is 0 Å². The van der Waals surface area contributed by atoms with Crippen LogP contribution in [0.1, 0.15) is 34.3 Å². The van der Waals surface area contributed by atoms with Gasteiger partial charge in [-0.15, -0.1) is 0 Å². The van der Waals surface area contributed by atoms with Crippen molar-refractivity contribution >= 4 is 23.4 Å². The molecule has 2 aromatic carbocycles. The number of rotatable bonds is 5. The number of carbonyl (C=O) groups is 3. The second kappa shape index (κ2) is 8.75. The topological polar surface area (TPSA) is 87.3 Å². The van der Waals surface area contributed by atoms with E-state index in [1.165, 1.54) is 12.1 Å². The first-order valence-electron chi connectivity index (χ1n) is 8.07. The zero-order valence-corrected chi connectivity index (χ0v) is 14.6. The van der Waals surface area contributed by atoms with Crippen molar-refractivity contribution < 1.29 is 18.8 Å². The summed E-state index contributed by atoms with van der Waals surface area (Å²) in [5.74, 6) is -1.83. The van der Waals surface area contributed by atoms with Gasteiger partial charge in [0, 0.05) is 24.1 Å². The smallest absolute Gasteiger partial charge is 0.269 e. The Labute approximate surface area is 150 Å². The van der Waals surface area contributed by atoms with Crippen molar-refractivity contribution in [2.45, 2.75) is 26.7 Å². The van der Waals surface area contributed by atoms with E-state index in [-0.39, 0.29) is 24.3 Å². The maximum absolute atomic E-state index is 12.8. The Bertz CT molecular complexity index is 819. The molecular weight excluding hydrogens is 337 g/mol. The molecule has 0 heterocycles. The molecule has 0 radical (unpaired) electrons. The van der Waals surface area contributed by atoms with Crippen LogP contribution in [0, 0.1) is 19.7 Å². The van der Waals surface area contributed by atoms with Crippen LogP contribution in [-0.2, 0) is 9.59 Å². The number of nitrogens with one attached hydrogen (secondary N) is 3. The van der Waals surface area contributed by atoms with Gasteiger partial charge in [0.25, 0.3) is 5.91 Å². The highest BCUT2D eigenvalue weighted by atomic mass is 19.1. The molecule has 0 atom stereocenters. The molecule has 0 unspecified atom stereocenters. The Morgan fingerprint density at radius 1 is 0.846 bits per heavy atom. The second-order valence-corrected chi connectivity index (χ2v) is 5.86. The Morgan fingerprint density at radius 2 is 1.50 bits per heavy atom. The SMILES string of the molecule is Cc1ccc(NC(=O)CCC(=O)NNC(=O)c2ccc(F)cc2)cc1C. The highest BCUT2D eigenvalue weighted by molar-refractivity contribution is 5.96. The number of amides is 3. The van der Waals surface area contributed by atoms with E-state index in [0.717, 1.165) is 23.3 Å². The van der Waals surface area contributed by atoms with Gasteiger partial charge in [-0.2, -0.15) is 0 Å². The first kappa shape index (κ1) is 19.1. The average Bonchev–Trinajstić information content (AvgIpc) is 2.61. The fourth-order valence-electron chi connectivity index (χ4n) is 2.13. The lowest BCUT2D eigenvalue weighted by Gasteiger charge is -2.09. The molecule has 136 valence electrons. The van der Waals surface area contributed by atoms with Crippen LogP contribution in [0.2, 0.25) is 0 Å². The molecule has 2 rings (SSSR count). The van der Waals surface area contributed by atoms with Gasteiger partial charge in [-0.25, -0.2) is 4.39 Å². The number of anilines is 1. The molecule has 0 aliphatic carbocycles. The van der Waals surface area contributed by atoms with Crippen molar-refractivity contribution in [1.82, 2.24) is 10.9 Å². The quantitative estimate of drug-likeness (QED) is 0.719. The summed E-state index contributed by atoms with van der Waals surface area (Å²) >= 11 is 0. The van der Waals surface area contributed by atoms with Crippen LogP contribution < -0.4 is 16.2 Å². The summed E-state index contributed by atoms with van der Waals surface area (Å²) in [6, 6.07) is 10.4. The molecule has 26 heavy (non-hydrogen) atoms. The van der Waals surface area contributed by atoms with Gasteiger partial charge < -0.3 is 5.32 Å². The summed E-state index contributed by atoms with van der Waals surface area (Å²) in [7, 11) is 0. The summed E-state index contributed by atoms with van der Waals surface area (Å²) in [5.41, 5.74) is 7.49. The minimum absolute atomic E-state index is 0.0226. The van der Waals surface area contributed by atoms with Gasteiger partial charge in [0.15, 0.2) is 0 Å². The van der Waals surface area contributed by atoms with Crippen LogP contribution in [0.4, 0.5) is 10.1 Å². The Balaban J connectivity index is 1.73. The predicted octanol–water partition coefficient (Wildman–Crippen LogP) is 2.62. The minimum Gasteiger partial charge on any atom is -0.326 e. The number of hydrogen-bond acceptors (Lipinski definition) is 3. The van der Waals surface area contributed by atoms with Gasteiger partial charge in [-0.1, -0.05) is 6.07 Å². The van der Waals surface area contributed by atoms with Crippen LogP contribution in [0.25, 0.3) is 0 Å². The lowest BCUT2D eigenvalue weighted by atomic mass is 10.1. The maximum Gasteiger partial charge on any atom is 0.269 e. The molecule has 0 bridgehead atoms. The first-order chi connectivity index (χ1) is 12.3. The molecule has 0 saturated heterocycles. The number of aryl methyl sites for hydroxylation is 2. The molecule has 0 spiro atoms. The van der Waals surface area contributed by atoms with Gasteiger partial charge in [-0.05, 0) is 61.4 Å². The number of benzene rings is 2. The molecule has 0 saturated carbocycles. The van der Waals surface area contributed by atoms with E-state index in [4.69, 9.17) is 0 Å². The molecule has 0 fully saturated rings. The number of halogens is 1. The van der Waals surface area contributed by atoms with Gasteiger partial charge in [0.2, 0.25) is 11.8 Å². The molecule has 0 aliphatic heterocycles. The fraction of sp³-hybridized carbons (Fsp3) is 0.211. The Hall–Kier alpha value is -3.22. The third-order valence-electron chi connectivity index (χ3n) is 3.79.